The molecule has 20 heavy (non-hydrogen) atoms. The molecule has 0 aliphatic carbocycles. The molecule has 0 fully saturated rings. The van der Waals surface area contributed by atoms with E-state index in [1.807, 2.05) is 30.3 Å². The van der Waals surface area contributed by atoms with E-state index in [4.69, 9.17) is 14.6 Å². The van der Waals surface area contributed by atoms with Gasteiger partial charge in [-0.15, -0.1) is 0 Å². The van der Waals surface area contributed by atoms with E-state index in [0.29, 0.717) is 11.3 Å². The van der Waals surface area contributed by atoms with E-state index in [-0.39, 0.29) is 6.61 Å². The lowest BCUT2D eigenvalue weighted by molar-refractivity contribution is -0.000494. The Morgan fingerprint density at radius 2 is 1.90 bits per heavy atom. The van der Waals surface area contributed by atoms with Gasteiger partial charge < -0.3 is 14.6 Å². The average molecular weight is 272 g/mol. The van der Waals surface area contributed by atoms with Crippen molar-refractivity contribution in [3.63, 3.8) is 0 Å². The number of carbonyl (C=O) groups is 1. The van der Waals surface area contributed by atoms with Gasteiger partial charge in [-0.05, 0) is 30.7 Å². The molecule has 0 saturated carbocycles. The highest BCUT2D eigenvalue weighted by Crippen LogP contribution is 2.15. The van der Waals surface area contributed by atoms with Crippen LogP contribution in [-0.4, -0.2) is 17.4 Å². The van der Waals surface area contributed by atoms with Crippen LogP contribution in [0.2, 0.25) is 0 Å². The molecule has 0 saturated heterocycles. The minimum Gasteiger partial charge on any atom is -0.465 e. The quantitative estimate of drug-likeness (QED) is 0.671. The molecule has 4 nitrogen and oxygen atoms in total. The Labute approximate surface area is 117 Å². The number of esters is 1. The number of rotatable bonds is 5. The summed E-state index contributed by atoms with van der Waals surface area (Å²) in [5, 5.41) is 9.15. The Morgan fingerprint density at radius 1 is 1.15 bits per heavy atom. The lowest BCUT2D eigenvalue weighted by Gasteiger charge is -2.10. The van der Waals surface area contributed by atoms with Gasteiger partial charge in [-0.2, -0.15) is 0 Å². The van der Waals surface area contributed by atoms with Crippen LogP contribution in [0.4, 0.5) is 0 Å². The number of ether oxygens (including phenoxy) is 2. The van der Waals surface area contributed by atoms with Crippen molar-refractivity contribution in [2.75, 3.05) is 0 Å². The van der Waals surface area contributed by atoms with Crippen LogP contribution < -0.4 is 4.74 Å². The van der Waals surface area contributed by atoms with Gasteiger partial charge in [0.2, 0.25) is 0 Å². The van der Waals surface area contributed by atoms with Gasteiger partial charge in [0, 0.05) is 0 Å². The molecule has 0 bridgehead atoms. The summed E-state index contributed by atoms with van der Waals surface area (Å²) in [6.45, 7) is 1.72. The van der Waals surface area contributed by atoms with Crippen LogP contribution >= 0.6 is 0 Å². The molecule has 2 aromatic rings. The van der Waals surface area contributed by atoms with Crippen molar-refractivity contribution in [1.82, 2.24) is 0 Å². The first-order valence-electron chi connectivity index (χ1n) is 6.31. The Bertz CT molecular complexity index is 564. The van der Waals surface area contributed by atoms with E-state index in [1.165, 1.54) is 6.92 Å². The summed E-state index contributed by atoms with van der Waals surface area (Å²) in [4.78, 5) is 11.9. The molecule has 0 aliphatic heterocycles. The van der Waals surface area contributed by atoms with E-state index in [2.05, 4.69) is 0 Å². The molecule has 4 heteroatoms. The van der Waals surface area contributed by atoms with Crippen molar-refractivity contribution in [2.45, 2.75) is 19.8 Å². The number of hydrogen-bond donors (Lipinski definition) is 1. The minimum atomic E-state index is -0.925. The number of aliphatic hydroxyl groups excluding tert-OH is 1. The summed E-state index contributed by atoms with van der Waals surface area (Å²) >= 11 is 0. The second kappa shape index (κ2) is 6.73. The molecular weight excluding hydrogens is 256 g/mol. The largest absolute Gasteiger partial charge is 0.465 e. The van der Waals surface area contributed by atoms with Gasteiger partial charge in [0.15, 0.2) is 6.29 Å². The fraction of sp³-hybridized carbons (Fsp3) is 0.188. The van der Waals surface area contributed by atoms with Gasteiger partial charge in [0.25, 0.3) is 0 Å². The van der Waals surface area contributed by atoms with Crippen LogP contribution in [0.5, 0.6) is 5.75 Å². The molecule has 1 unspecified atom stereocenters. The van der Waals surface area contributed by atoms with Crippen LogP contribution in [0.1, 0.15) is 22.8 Å². The van der Waals surface area contributed by atoms with Crippen LogP contribution in [0.25, 0.3) is 0 Å². The molecule has 2 aromatic carbocycles. The van der Waals surface area contributed by atoms with Crippen molar-refractivity contribution >= 4 is 5.97 Å². The summed E-state index contributed by atoms with van der Waals surface area (Å²) in [5.74, 6) is -0.000873. The summed E-state index contributed by atoms with van der Waals surface area (Å²) in [6, 6.07) is 16.0. The first kappa shape index (κ1) is 14.1. The standard InChI is InChI=1S/C16H16O4/c1-12(17)20-15-9-5-8-14(10-15)16(18)19-11-13-6-3-2-4-7-13/h2-10,12,17H,11H2,1H3. The molecule has 0 aliphatic rings. The minimum absolute atomic E-state index is 0.223. The van der Waals surface area contributed by atoms with Gasteiger partial charge in [-0.3, -0.25) is 0 Å². The molecule has 0 aromatic heterocycles. The van der Waals surface area contributed by atoms with E-state index < -0.39 is 12.3 Å². The third-order valence-corrected chi connectivity index (χ3v) is 2.59. The molecule has 2 rings (SSSR count). The zero-order chi connectivity index (χ0) is 14.4. The highest BCUT2D eigenvalue weighted by molar-refractivity contribution is 5.89. The van der Waals surface area contributed by atoms with Crippen molar-refractivity contribution in [3.8, 4) is 5.75 Å². The fourth-order valence-electron chi connectivity index (χ4n) is 1.70. The first-order valence-corrected chi connectivity index (χ1v) is 6.31. The molecule has 0 spiro atoms. The Morgan fingerprint density at radius 3 is 2.60 bits per heavy atom. The van der Waals surface area contributed by atoms with Crippen molar-refractivity contribution in [3.05, 3.63) is 65.7 Å². The van der Waals surface area contributed by atoms with Gasteiger partial charge >= 0.3 is 5.97 Å². The predicted octanol–water partition coefficient (Wildman–Crippen LogP) is 2.76. The zero-order valence-corrected chi connectivity index (χ0v) is 11.2. The molecule has 1 atom stereocenters. The second-order valence-electron chi connectivity index (χ2n) is 4.31. The van der Waals surface area contributed by atoms with Gasteiger partial charge in [0.05, 0.1) is 5.56 Å². The van der Waals surface area contributed by atoms with E-state index in [0.717, 1.165) is 5.56 Å². The molecule has 104 valence electrons. The second-order valence-corrected chi connectivity index (χ2v) is 4.31. The van der Waals surface area contributed by atoms with E-state index in [1.54, 1.807) is 24.3 Å². The van der Waals surface area contributed by atoms with Gasteiger partial charge in [0.1, 0.15) is 12.4 Å². The first-order chi connectivity index (χ1) is 9.65. The summed E-state index contributed by atoms with van der Waals surface area (Å²) < 4.78 is 10.3. The van der Waals surface area contributed by atoms with Crippen molar-refractivity contribution in [2.24, 2.45) is 0 Å². The lowest BCUT2D eigenvalue weighted by atomic mass is 10.2. The smallest absolute Gasteiger partial charge is 0.338 e. The van der Waals surface area contributed by atoms with E-state index >= 15 is 0 Å². The average Bonchev–Trinajstić information content (AvgIpc) is 2.45. The molecule has 0 heterocycles. The summed E-state index contributed by atoms with van der Waals surface area (Å²) in [6.07, 6.45) is -0.925. The van der Waals surface area contributed by atoms with Crippen LogP contribution in [0.15, 0.2) is 54.6 Å². The maximum Gasteiger partial charge on any atom is 0.338 e. The van der Waals surface area contributed by atoms with E-state index in [9.17, 15) is 4.79 Å². The highest BCUT2D eigenvalue weighted by atomic mass is 16.6. The monoisotopic (exact) mass is 272 g/mol. The third-order valence-electron chi connectivity index (χ3n) is 2.59. The third kappa shape index (κ3) is 4.10. The Kier molecular flexibility index (Phi) is 4.74. The number of hydrogen-bond acceptors (Lipinski definition) is 4. The van der Waals surface area contributed by atoms with Gasteiger partial charge in [-0.1, -0.05) is 36.4 Å². The number of carbonyl (C=O) groups excluding carboxylic acids is 1. The van der Waals surface area contributed by atoms with Crippen molar-refractivity contribution < 1.29 is 19.4 Å². The van der Waals surface area contributed by atoms with Crippen LogP contribution in [0.3, 0.4) is 0 Å². The maximum atomic E-state index is 11.9. The molecule has 1 N–H and O–H groups in total. The Hall–Kier alpha value is -2.33. The summed E-state index contributed by atoms with van der Waals surface area (Å²) in [5.41, 5.74) is 1.32. The normalized spacial score (nSPS) is 11.7. The predicted molar refractivity (Wildman–Crippen MR) is 74.3 cm³/mol. The summed E-state index contributed by atoms with van der Waals surface area (Å²) in [7, 11) is 0. The molecule has 0 radical (unpaired) electrons. The zero-order valence-electron chi connectivity index (χ0n) is 11.2. The Balaban J connectivity index is 1.98. The van der Waals surface area contributed by atoms with Crippen LogP contribution in [0, 0.1) is 0 Å². The van der Waals surface area contributed by atoms with Gasteiger partial charge in [-0.25, -0.2) is 4.79 Å². The maximum absolute atomic E-state index is 11.9. The fourth-order valence-corrected chi connectivity index (χ4v) is 1.70. The number of benzene rings is 2. The highest BCUT2D eigenvalue weighted by Gasteiger charge is 2.09. The topological polar surface area (TPSA) is 55.8 Å². The number of aliphatic hydroxyl groups is 1. The SMILES string of the molecule is CC(O)Oc1cccc(C(=O)OCc2ccccc2)c1. The molecule has 0 amide bonds. The molecular formula is C16H16O4. The van der Waals surface area contributed by atoms with Crippen molar-refractivity contribution in [1.29, 1.82) is 0 Å². The lowest BCUT2D eigenvalue weighted by Crippen LogP contribution is -2.10. The van der Waals surface area contributed by atoms with Crippen LogP contribution in [-0.2, 0) is 11.3 Å².